The van der Waals surface area contributed by atoms with Crippen LogP contribution in [0.15, 0.2) is 42.5 Å². The summed E-state index contributed by atoms with van der Waals surface area (Å²) in [5.74, 6) is 0. The Morgan fingerprint density at radius 3 is 2.24 bits per heavy atom. The molecule has 2 aromatic rings. The standard InChI is InChI=1S/C18H18Cl3N3O/c19-14-3-1-13(2-4-14)12-22-18(25)24-9-7-23(8-10-24)15-5-6-16(20)17(21)11-15/h1-6,11H,7-10,12H2,(H,22,25). The lowest BCUT2D eigenvalue weighted by Crippen LogP contribution is -2.51. The van der Waals surface area contributed by atoms with E-state index in [1.54, 1.807) is 6.07 Å². The van der Waals surface area contributed by atoms with Gasteiger partial charge in [-0.05, 0) is 35.9 Å². The molecule has 2 amide bonds. The molecule has 0 atom stereocenters. The first-order chi connectivity index (χ1) is 12.0. The van der Waals surface area contributed by atoms with Crippen LogP contribution in [0.1, 0.15) is 5.56 Å². The summed E-state index contributed by atoms with van der Waals surface area (Å²) in [6, 6.07) is 13.0. The fourth-order valence-corrected chi connectivity index (χ4v) is 3.16. The second kappa shape index (κ2) is 8.17. The monoisotopic (exact) mass is 397 g/mol. The van der Waals surface area contributed by atoms with Crippen molar-refractivity contribution in [1.29, 1.82) is 0 Å². The third-order valence-electron chi connectivity index (χ3n) is 4.19. The predicted octanol–water partition coefficient (Wildman–Crippen LogP) is 4.68. The van der Waals surface area contributed by atoms with E-state index < -0.39 is 0 Å². The second-order valence-corrected chi connectivity index (χ2v) is 7.11. The Hall–Kier alpha value is -1.62. The molecule has 0 aliphatic carbocycles. The first kappa shape index (κ1) is 18.2. The van der Waals surface area contributed by atoms with Crippen molar-refractivity contribution in [2.45, 2.75) is 6.54 Å². The van der Waals surface area contributed by atoms with Crippen molar-refractivity contribution in [2.24, 2.45) is 0 Å². The van der Waals surface area contributed by atoms with E-state index in [0.29, 0.717) is 34.7 Å². The molecule has 0 radical (unpaired) electrons. The summed E-state index contributed by atoms with van der Waals surface area (Å²) in [5, 5.41) is 4.73. The normalized spacial score (nSPS) is 14.5. The van der Waals surface area contributed by atoms with Crippen LogP contribution in [0.5, 0.6) is 0 Å². The lowest BCUT2D eigenvalue weighted by Gasteiger charge is -2.36. The summed E-state index contributed by atoms with van der Waals surface area (Å²) in [7, 11) is 0. The molecule has 0 saturated carbocycles. The molecule has 2 aromatic carbocycles. The zero-order valence-corrected chi connectivity index (χ0v) is 15.8. The number of halogens is 3. The molecule has 4 nitrogen and oxygen atoms in total. The molecule has 1 fully saturated rings. The van der Waals surface area contributed by atoms with Crippen LogP contribution in [0.3, 0.4) is 0 Å². The minimum Gasteiger partial charge on any atom is -0.368 e. The molecule has 3 rings (SSSR count). The van der Waals surface area contributed by atoms with Gasteiger partial charge in [-0.2, -0.15) is 0 Å². The van der Waals surface area contributed by atoms with E-state index in [2.05, 4.69) is 10.2 Å². The first-order valence-electron chi connectivity index (χ1n) is 8.00. The van der Waals surface area contributed by atoms with E-state index in [1.807, 2.05) is 41.3 Å². The highest BCUT2D eigenvalue weighted by molar-refractivity contribution is 6.42. The molecule has 25 heavy (non-hydrogen) atoms. The summed E-state index contributed by atoms with van der Waals surface area (Å²) in [4.78, 5) is 16.3. The molecule has 0 unspecified atom stereocenters. The minimum absolute atomic E-state index is 0.0521. The number of rotatable bonds is 3. The number of urea groups is 1. The minimum atomic E-state index is -0.0521. The molecule has 1 N–H and O–H groups in total. The van der Waals surface area contributed by atoms with E-state index in [4.69, 9.17) is 34.8 Å². The van der Waals surface area contributed by atoms with Gasteiger partial charge >= 0.3 is 6.03 Å². The fourth-order valence-electron chi connectivity index (χ4n) is 2.74. The lowest BCUT2D eigenvalue weighted by molar-refractivity contribution is 0.194. The van der Waals surface area contributed by atoms with Gasteiger partial charge in [0.1, 0.15) is 0 Å². The molecule has 0 aromatic heterocycles. The summed E-state index contributed by atoms with van der Waals surface area (Å²) >= 11 is 17.9. The summed E-state index contributed by atoms with van der Waals surface area (Å²) in [5.41, 5.74) is 2.04. The van der Waals surface area contributed by atoms with E-state index in [9.17, 15) is 4.79 Å². The molecule has 0 bridgehead atoms. The first-order valence-corrected chi connectivity index (χ1v) is 9.13. The number of anilines is 1. The third-order valence-corrected chi connectivity index (χ3v) is 5.18. The molecule has 132 valence electrons. The van der Waals surface area contributed by atoms with Gasteiger partial charge in [0, 0.05) is 43.4 Å². The molecule has 7 heteroatoms. The number of carbonyl (C=O) groups excluding carboxylic acids is 1. The van der Waals surface area contributed by atoms with Crippen LogP contribution in [0.4, 0.5) is 10.5 Å². The number of piperazine rings is 1. The highest BCUT2D eigenvalue weighted by Crippen LogP contribution is 2.27. The Morgan fingerprint density at radius 1 is 0.920 bits per heavy atom. The van der Waals surface area contributed by atoms with Gasteiger partial charge in [-0.15, -0.1) is 0 Å². The summed E-state index contributed by atoms with van der Waals surface area (Å²) < 4.78 is 0. The van der Waals surface area contributed by atoms with Crippen molar-refractivity contribution >= 4 is 46.5 Å². The number of hydrogen-bond acceptors (Lipinski definition) is 2. The van der Waals surface area contributed by atoms with Crippen molar-refractivity contribution < 1.29 is 4.79 Å². The number of nitrogens with zero attached hydrogens (tertiary/aromatic N) is 2. The topological polar surface area (TPSA) is 35.6 Å². The molecule has 1 aliphatic heterocycles. The number of hydrogen-bond donors (Lipinski definition) is 1. The summed E-state index contributed by atoms with van der Waals surface area (Å²) in [6.45, 7) is 3.32. The highest BCUT2D eigenvalue weighted by atomic mass is 35.5. The van der Waals surface area contributed by atoms with Crippen LogP contribution in [-0.2, 0) is 6.54 Å². The summed E-state index contributed by atoms with van der Waals surface area (Å²) in [6.07, 6.45) is 0. The Bertz CT molecular complexity index is 744. The molecule has 1 saturated heterocycles. The maximum absolute atomic E-state index is 12.3. The Balaban J connectivity index is 1.50. The van der Waals surface area contributed by atoms with Gasteiger partial charge in [-0.3, -0.25) is 0 Å². The number of nitrogens with one attached hydrogen (secondary N) is 1. The van der Waals surface area contributed by atoms with Crippen molar-refractivity contribution in [1.82, 2.24) is 10.2 Å². The van der Waals surface area contributed by atoms with Gasteiger partial charge in [-0.1, -0.05) is 46.9 Å². The maximum Gasteiger partial charge on any atom is 0.317 e. The zero-order chi connectivity index (χ0) is 17.8. The van der Waals surface area contributed by atoms with Gasteiger partial charge < -0.3 is 15.1 Å². The Morgan fingerprint density at radius 2 is 1.60 bits per heavy atom. The molecular weight excluding hydrogens is 381 g/mol. The molecular formula is C18H18Cl3N3O. The van der Waals surface area contributed by atoms with Gasteiger partial charge in [0.15, 0.2) is 0 Å². The van der Waals surface area contributed by atoms with E-state index in [0.717, 1.165) is 24.3 Å². The van der Waals surface area contributed by atoms with Gasteiger partial charge in [-0.25, -0.2) is 4.79 Å². The van der Waals surface area contributed by atoms with E-state index in [1.165, 1.54) is 0 Å². The van der Waals surface area contributed by atoms with Crippen LogP contribution in [0.2, 0.25) is 15.1 Å². The SMILES string of the molecule is O=C(NCc1ccc(Cl)cc1)N1CCN(c2ccc(Cl)c(Cl)c2)CC1. The van der Waals surface area contributed by atoms with Crippen LogP contribution in [-0.4, -0.2) is 37.1 Å². The highest BCUT2D eigenvalue weighted by Gasteiger charge is 2.21. The smallest absolute Gasteiger partial charge is 0.317 e. The fraction of sp³-hybridized carbons (Fsp3) is 0.278. The molecule has 1 aliphatic rings. The van der Waals surface area contributed by atoms with Crippen molar-refractivity contribution in [2.75, 3.05) is 31.1 Å². The van der Waals surface area contributed by atoms with Crippen molar-refractivity contribution in [3.63, 3.8) is 0 Å². The predicted molar refractivity (Wildman–Crippen MR) is 104 cm³/mol. The number of carbonyl (C=O) groups is 1. The van der Waals surface area contributed by atoms with E-state index in [-0.39, 0.29) is 6.03 Å². The lowest BCUT2D eigenvalue weighted by atomic mass is 10.2. The van der Waals surface area contributed by atoms with E-state index >= 15 is 0 Å². The molecule has 0 spiro atoms. The van der Waals surface area contributed by atoms with Crippen LogP contribution in [0.25, 0.3) is 0 Å². The average molecular weight is 399 g/mol. The zero-order valence-electron chi connectivity index (χ0n) is 13.5. The van der Waals surface area contributed by atoms with Crippen LogP contribution < -0.4 is 10.2 Å². The average Bonchev–Trinajstić information content (AvgIpc) is 2.63. The number of amides is 2. The van der Waals surface area contributed by atoms with Gasteiger partial charge in [0.2, 0.25) is 0 Å². The van der Waals surface area contributed by atoms with Gasteiger partial charge in [0.25, 0.3) is 0 Å². The van der Waals surface area contributed by atoms with Gasteiger partial charge in [0.05, 0.1) is 10.0 Å². The van der Waals surface area contributed by atoms with Crippen molar-refractivity contribution in [3.05, 3.63) is 63.1 Å². The quantitative estimate of drug-likeness (QED) is 0.815. The number of benzene rings is 2. The van der Waals surface area contributed by atoms with Crippen LogP contribution in [0, 0.1) is 0 Å². The Labute approximate surface area is 162 Å². The molecule has 1 heterocycles. The largest absolute Gasteiger partial charge is 0.368 e. The maximum atomic E-state index is 12.3. The Kier molecular flexibility index (Phi) is 5.94. The van der Waals surface area contributed by atoms with Crippen LogP contribution >= 0.6 is 34.8 Å². The second-order valence-electron chi connectivity index (χ2n) is 5.86. The third kappa shape index (κ3) is 4.72. The van der Waals surface area contributed by atoms with Crippen molar-refractivity contribution in [3.8, 4) is 0 Å².